The van der Waals surface area contributed by atoms with Gasteiger partial charge in [-0.05, 0) is 0 Å². The van der Waals surface area contributed by atoms with E-state index in [-0.39, 0.29) is 6.54 Å². The molecule has 0 aliphatic carbocycles. The van der Waals surface area contributed by atoms with E-state index in [1.54, 1.807) is 0 Å². The van der Waals surface area contributed by atoms with Gasteiger partial charge in [-0.3, -0.25) is 0 Å². The smallest absolute Gasteiger partial charge is 0.277 e. The summed E-state index contributed by atoms with van der Waals surface area (Å²) in [6.45, 7) is -0.436. The summed E-state index contributed by atoms with van der Waals surface area (Å²) in [6, 6.07) is -0.899. The molecule has 0 radical (unpaired) electrons. The molecule has 0 aromatic carbocycles. The molecule has 2 aliphatic rings. The molecule has 8 nitrogen and oxygen atoms in total. The van der Waals surface area contributed by atoms with Crippen LogP contribution in [0, 0.1) is 0 Å². The van der Waals surface area contributed by atoms with Gasteiger partial charge >= 0.3 is 0 Å². The van der Waals surface area contributed by atoms with E-state index in [1.165, 1.54) is 0 Å². The number of aliphatic hydroxyl groups excluding tert-OH is 3. The van der Waals surface area contributed by atoms with Gasteiger partial charge in [0.15, 0.2) is 0 Å². The van der Waals surface area contributed by atoms with Crippen LogP contribution in [0.5, 0.6) is 0 Å². The van der Waals surface area contributed by atoms with E-state index >= 15 is 0 Å². The highest BCUT2D eigenvalue weighted by atomic mass is 32.2. The molecule has 2 aliphatic heterocycles. The van der Waals surface area contributed by atoms with Gasteiger partial charge in [-0.15, -0.1) is 0 Å². The highest BCUT2D eigenvalue weighted by Gasteiger charge is 2.47. The van der Waals surface area contributed by atoms with Crippen LogP contribution in [-0.2, 0) is 14.9 Å². The normalized spacial score (nSPS) is 47.3. The van der Waals surface area contributed by atoms with Gasteiger partial charge in [0.2, 0.25) is 0 Å². The molecule has 2 heterocycles. The van der Waals surface area contributed by atoms with Gasteiger partial charge in [-0.1, -0.05) is 0 Å². The van der Waals surface area contributed by atoms with Crippen LogP contribution in [0.15, 0.2) is 0 Å². The van der Waals surface area contributed by atoms with E-state index < -0.39 is 47.3 Å². The van der Waals surface area contributed by atoms with Crippen LogP contribution in [0.4, 0.5) is 0 Å². The first kappa shape index (κ1) is 12.2. The number of hydrogen-bond donors (Lipinski definition) is 5. The van der Waals surface area contributed by atoms with Gasteiger partial charge in [0, 0.05) is 6.54 Å². The summed E-state index contributed by atoms with van der Waals surface area (Å²) < 4.78 is 32.0. The second-order valence-electron chi connectivity index (χ2n) is 3.87. The van der Waals surface area contributed by atoms with E-state index in [9.17, 15) is 18.6 Å². The van der Waals surface area contributed by atoms with Crippen LogP contribution in [-0.4, -0.2) is 67.3 Å². The summed E-state index contributed by atoms with van der Waals surface area (Å²) in [5.41, 5.74) is 0. The lowest BCUT2D eigenvalue weighted by Crippen LogP contribution is -2.70. The molecule has 5 N–H and O–H groups in total. The maximum absolute atomic E-state index is 11.2. The number of fused-ring (bicyclic) bond motifs is 1. The van der Waals surface area contributed by atoms with Crippen molar-refractivity contribution >= 4 is 10.2 Å². The lowest BCUT2D eigenvalue weighted by Gasteiger charge is -2.44. The Morgan fingerprint density at radius 3 is 2.62 bits per heavy atom. The van der Waals surface area contributed by atoms with Gasteiger partial charge in [-0.2, -0.15) is 17.9 Å². The zero-order valence-corrected chi connectivity index (χ0v) is 9.09. The van der Waals surface area contributed by atoms with Crippen molar-refractivity contribution < 1.29 is 28.5 Å². The highest BCUT2D eigenvalue weighted by molar-refractivity contribution is 7.87. The summed E-state index contributed by atoms with van der Waals surface area (Å²) in [5.74, 6) is 0. The first-order valence-corrected chi connectivity index (χ1v) is 6.32. The third-order valence-corrected chi connectivity index (χ3v) is 3.92. The summed E-state index contributed by atoms with van der Waals surface area (Å²) in [4.78, 5) is 0. The van der Waals surface area contributed by atoms with Crippen molar-refractivity contribution in [1.29, 1.82) is 0 Å². The summed E-state index contributed by atoms with van der Waals surface area (Å²) in [5, 5.41) is 28.2. The Balaban J connectivity index is 2.17. The van der Waals surface area contributed by atoms with Crippen molar-refractivity contribution in [1.82, 2.24) is 9.44 Å². The molecule has 2 saturated heterocycles. The molecule has 0 amide bonds. The fourth-order valence-electron chi connectivity index (χ4n) is 1.93. The number of hydrogen-bond acceptors (Lipinski definition) is 6. The molecule has 9 heteroatoms. The zero-order chi connectivity index (χ0) is 11.9. The average molecular weight is 254 g/mol. The number of ether oxygens (including phenoxy) is 1. The largest absolute Gasteiger partial charge is 0.394 e. The van der Waals surface area contributed by atoms with Crippen molar-refractivity contribution in [3.05, 3.63) is 0 Å². The molecular weight excluding hydrogens is 240 g/mol. The van der Waals surface area contributed by atoms with Gasteiger partial charge < -0.3 is 20.1 Å². The highest BCUT2D eigenvalue weighted by Crippen LogP contribution is 2.23. The molecule has 0 aromatic heterocycles. The molecule has 16 heavy (non-hydrogen) atoms. The summed E-state index contributed by atoms with van der Waals surface area (Å²) >= 11 is 0. The van der Waals surface area contributed by atoms with Gasteiger partial charge in [0.1, 0.15) is 18.3 Å². The van der Waals surface area contributed by atoms with Crippen molar-refractivity contribution in [2.45, 2.75) is 30.5 Å². The number of aliphatic hydroxyl groups is 3. The van der Waals surface area contributed by atoms with Gasteiger partial charge in [0.25, 0.3) is 10.2 Å². The molecular formula is C7H14N2O6S. The average Bonchev–Trinajstić information content (AvgIpc) is 2.23. The Labute approximate surface area is 92.4 Å². The van der Waals surface area contributed by atoms with E-state index in [1.807, 2.05) is 0 Å². The van der Waals surface area contributed by atoms with Crippen molar-refractivity contribution in [3.8, 4) is 0 Å². The third kappa shape index (κ3) is 2.07. The monoisotopic (exact) mass is 254 g/mol. The zero-order valence-electron chi connectivity index (χ0n) is 8.28. The molecule has 3 unspecified atom stereocenters. The van der Waals surface area contributed by atoms with Crippen LogP contribution in [0.25, 0.3) is 0 Å². The van der Waals surface area contributed by atoms with Crippen LogP contribution in [0.1, 0.15) is 0 Å². The second-order valence-corrected chi connectivity index (χ2v) is 5.40. The Kier molecular flexibility index (Phi) is 3.18. The van der Waals surface area contributed by atoms with Crippen LogP contribution >= 0.6 is 0 Å². The maximum atomic E-state index is 11.2. The second kappa shape index (κ2) is 4.18. The lowest BCUT2D eigenvalue weighted by atomic mass is 9.93. The van der Waals surface area contributed by atoms with E-state index in [2.05, 4.69) is 9.44 Å². The predicted molar refractivity (Wildman–Crippen MR) is 51.6 cm³/mol. The molecule has 0 spiro atoms. The summed E-state index contributed by atoms with van der Waals surface area (Å²) in [7, 11) is -3.65. The third-order valence-electron chi connectivity index (χ3n) is 2.79. The number of nitrogens with one attached hydrogen (secondary N) is 2. The molecule has 94 valence electrons. The first-order chi connectivity index (χ1) is 7.44. The maximum Gasteiger partial charge on any atom is 0.277 e. The van der Waals surface area contributed by atoms with Gasteiger partial charge in [-0.25, -0.2) is 0 Å². The predicted octanol–water partition coefficient (Wildman–Crippen LogP) is -3.73. The fraction of sp³-hybridized carbons (Fsp3) is 1.00. The van der Waals surface area contributed by atoms with Crippen LogP contribution in [0.3, 0.4) is 0 Å². The molecule has 0 bridgehead atoms. The SMILES string of the molecule is O=S1(=O)NC[C@H]2OC(CO)C(O)C(O)[C@H]2N1. The standard InChI is InChI=1S/C7H14N2O6S/c10-2-4-6(11)7(12)5-3(15-4)1-8-16(13,14)9-5/h3-12H,1-2H2/t3-,4?,5+,6?,7?/m1/s1. The van der Waals surface area contributed by atoms with Crippen molar-refractivity contribution in [2.24, 2.45) is 0 Å². The quantitative estimate of drug-likeness (QED) is 0.327. The Bertz CT molecular complexity index is 358. The minimum Gasteiger partial charge on any atom is -0.394 e. The van der Waals surface area contributed by atoms with Crippen LogP contribution < -0.4 is 9.44 Å². The molecule has 5 atom stereocenters. The first-order valence-electron chi connectivity index (χ1n) is 4.84. The van der Waals surface area contributed by atoms with Crippen molar-refractivity contribution in [3.63, 3.8) is 0 Å². The Morgan fingerprint density at radius 2 is 2.00 bits per heavy atom. The Hall–Kier alpha value is -0.290. The van der Waals surface area contributed by atoms with E-state index in [0.717, 1.165) is 0 Å². The molecule has 0 aromatic rings. The van der Waals surface area contributed by atoms with Gasteiger partial charge in [0.05, 0.1) is 18.8 Å². The molecule has 2 fully saturated rings. The van der Waals surface area contributed by atoms with E-state index in [0.29, 0.717) is 0 Å². The van der Waals surface area contributed by atoms with E-state index in [4.69, 9.17) is 9.84 Å². The number of rotatable bonds is 1. The van der Waals surface area contributed by atoms with Crippen LogP contribution in [0.2, 0.25) is 0 Å². The Morgan fingerprint density at radius 1 is 1.31 bits per heavy atom. The summed E-state index contributed by atoms with van der Waals surface area (Å²) in [6.07, 6.45) is -4.13. The minimum absolute atomic E-state index is 0.000278. The minimum atomic E-state index is -3.65. The topological polar surface area (TPSA) is 128 Å². The molecule has 2 rings (SSSR count). The van der Waals surface area contributed by atoms with Crippen molar-refractivity contribution in [2.75, 3.05) is 13.2 Å². The fourth-order valence-corrected chi connectivity index (χ4v) is 3.04. The lowest BCUT2D eigenvalue weighted by molar-refractivity contribution is -0.190. The molecule has 0 saturated carbocycles.